The fraction of sp³-hybridized carbons (Fsp3) is 0.350. The highest BCUT2D eigenvalue weighted by atomic mass is 32.1. The SMILES string of the molecule is COc1ccc(N2C(=O)CC(N(C(=O)c3cccs3)C(C)(C)C)C2=O)cc1. The maximum Gasteiger partial charge on any atom is 0.265 e. The monoisotopic (exact) mass is 386 g/mol. The highest BCUT2D eigenvalue weighted by Crippen LogP contribution is 2.32. The number of ether oxygens (including phenoxy) is 1. The Morgan fingerprint density at radius 1 is 1.19 bits per heavy atom. The summed E-state index contributed by atoms with van der Waals surface area (Å²) < 4.78 is 5.12. The van der Waals surface area contributed by atoms with E-state index in [0.717, 1.165) is 4.90 Å². The lowest BCUT2D eigenvalue weighted by Crippen LogP contribution is -2.54. The van der Waals surface area contributed by atoms with E-state index in [1.165, 1.54) is 16.2 Å². The zero-order valence-corrected chi connectivity index (χ0v) is 16.6. The first kappa shape index (κ1) is 19.1. The van der Waals surface area contributed by atoms with Crippen molar-refractivity contribution in [2.45, 2.75) is 38.8 Å². The quantitative estimate of drug-likeness (QED) is 0.756. The maximum atomic E-state index is 13.1. The minimum Gasteiger partial charge on any atom is -0.497 e. The topological polar surface area (TPSA) is 66.9 Å². The molecule has 2 heterocycles. The van der Waals surface area contributed by atoms with Gasteiger partial charge in [0.1, 0.15) is 11.8 Å². The smallest absolute Gasteiger partial charge is 0.265 e. The molecule has 27 heavy (non-hydrogen) atoms. The second-order valence-electron chi connectivity index (χ2n) is 7.31. The molecule has 3 amide bonds. The molecule has 0 aliphatic carbocycles. The van der Waals surface area contributed by atoms with Crippen molar-refractivity contribution in [1.82, 2.24) is 4.90 Å². The van der Waals surface area contributed by atoms with Gasteiger partial charge in [-0.15, -0.1) is 11.3 Å². The number of hydrogen-bond acceptors (Lipinski definition) is 5. The molecule has 1 aromatic heterocycles. The van der Waals surface area contributed by atoms with E-state index in [0.29, 0.717) is 16.3 Å². The van der Waals surface area contributed by atoms with Gasteiger partial charge in [-0.3, -0.25) is 14.4 Å². The molecule has 1 aliphatic heterocycles. The van der Waals surface area contributed by atoms with Crippen molar-refractivity contribution >= 4 is 34.7 Å². The molecule has 0 N–H and O–H groups in total. The summed E-state index contributed by atoms with van der Waals surface area (Å²) in [6, 6.07) is 9.43. The third kappa shape index (κ3) is 3.60. The van der Waals surface area contributed by atoms with Crippen molar-refractivity contribution in [3.63, 3.8) is 0 Å². The van der Waals surface area contributed by atoms with Crippen LogP contribution in [0.15, 0.2) is 41.8 Å². The zero-order chi connectivity index (χ0) is 19.8. The number of thiophene rings is 1. The van der Waals surface area contributed by atoms with E-state index in [-0.39, 0.29) is 24.1 Å². The molecule has 0 bridgehead atoms. The zero-order valence-electron chi connectivity index (χ0n) is 15.8. The van der Waals surface area contributed by atoms with Crippen molar-refractivity contribution in [3.8, 4) is 5.75 Å². The predicted molar refractivity (Wildman–Crippen MR) is 104 cm³/mol. The Morgan fingerprint density at radius 3 is 2.37 bits per heavy atom. The molecule has 1 unspecified atom stereocenters. The minimum atomic E-state index is -0.825. The van der Waals surface area contributed by atoms with Crippen LogP contribution in [0.5, 0.6) is 5.75 Å². The van der Waals surface area contributed by atoms with Crippen LogP contribution in [0.3, 0.4) is 0 Å². The fourth-order valence-corrected chi connectivity index (χ4v) is 3.91. The molecule has 0 saturated carbocycles. The molecule has 0 radical (unpaired) electrons. The van der Waals surface area contributed by atoms with E-state index in [9.17, 15) is 14.4 Å². The van der Waals surface area contributed by atoms with E-state index in [2.05, 4.69) is 0 Å². The largest absolute Gasteiger partial charge is 0.497 e. The van der Waals surface area contributed by atoms with Crippen LogP contribution >= 0.6 is 11.3 Å². The number of rotatable bonds is 4. The molecule has 1 saturated heterocycles. The minimum absolute atomic E-state index is 0.0285. The molecule has 142 valence electrons. The molecular formula is C20H22N2O4S. The summed E-state index contributed by atoms with van der Waals surface area (Å²) in [4.78, 5) is 42.0. The van der Waals surface area contributed by atoms with Gasteiger partial charge < -0.3 is 9.64 Å². The molecule has 1 atom stereocenters. The first-order valence-corrected chi connectivity index (χ1v) is 9.50. The fourth-order valence-electron chi connectivity index (χ4n) is 3.25. The van der Waals surface area contributed by atoms with Crippen LogP contribution in [0.25, 0.3) is 0 Å². The van der Waals surface area contributed by atoms with Gasteiger partial charge in [0.25, 0.3) is 11.8 Å². The molecule has 0 spiro atoms. The second-order valence-corrected chi connectivity index (χ2v) is 8.26. The molecular weight excluding hydrogens is 364 g/mol. The highest BCUT2D eigenvalue weighted by molar-refractivity contribution is 7.12. The van der Waals surface area contributed by atoms with Crippen molar-refractivity contribution in [3.05, 3.63) is 46.7 Å². The van der Waals surface area contributed by atoms with Crippen LogP contribution in [0.1, 0.15) is 36.9 Å². The van der Waals surface area contributed by atoms with Gasteiger partial charge in [-0.25, -0.2) is 4.90 Å². The Kier molecular flexibility index (Phi) is 5.06. The van der Waals surface area contributed by atoms with Crippen LogP contribution in [-0.4, -0.2) is 41.3 Å². The van der Waals surface area contributed by atoms with Crippen molar-refractivity contribution < 1.29 is 19.1 Å². The molecule has 1 aromatic carbocycles. The number of methoxy groups -OCH3 is 1. The number of hydrogen-bond donors (Lipinski definition) is 0. The van der Waals surface area contributed by atoms with Crippen LogP contribution in [0.2, 0.25) is 0 Å². The van der Waals surface area contributed by atoms with Gasteiger partial charge in [-0.05, 0) is 56.5 Å². The lowest BCUT2D eigenvalue weighted by Gasteiger charge is -2.38. The molecule has 1 aliphatic rings. The Hall–Kier alpha value is -2.67. The summed E-state index contributed by atoms with van der Waals surface area (Å²) in [5.41, 5.74) is -0.136. The standard InChI is InChI=1S/C20H22N2O4S/c1-20(2,3)22(19(25)16-6-5-11-27-16)15-12-17(23)21(18(15)24)13-7-9-14(26-4)10-8-13/h5-11,15H,12H2,1-4H3. The number of carbonyl (C=O) groups excluding carboxylic acids is 3. The van der Waals surface area contributed by atoms with Crippen LogP contribution in [0.4, 0.5) is 5.69 Å². The second kappa shape index (κ2) is 7.15. The number of benzene rings is 1. The summed E-state index contributed by atoms with van der Waals surface area (Å²) in [5, 5.41) is 1.82. The van der Waals surface area contributed by atoms with Crippen LogP contribution in [-0.2, 0) is 9.59 Å². The van der Waals surface area contributed by atoms with Gasteiger partial charge in [-0.1, -0.05) is 6.07 Å². The maximum absolute atomic E-state index is 13.1. The van der Waals surface area contributed by atoms with Crippen molar-refractivity contribution in [1.29, 1.82) is 0 Å². The van der Waals surface area contributed by atoms with Crippen molar-refractivity contribution in [2.75, 3.05) is 12.0 Å². The summed E-state index contributed by atoms with van der Waals surface area (Å²) in [6.45, 7) is 5.60. The third-order valence-electron chi connectivity index (χ3n) is 4.44. The van der Waals surface area contributed by atoms with E-state index in [1.807, 2.05) is 26.2 Å². The molecule has 7 heteroatoms. The first-order chi connectivity index (χ1) is 12.7. The number of nitrogens with zero attached hydrogens (tertiary/aromatic N) is 2. The van der Waals surface area contributed by atoms with E-state index < -0.39 is 11.6 Å². The number of imide groups is 1. The Bertz CT molecular complexity index is 853. The van der Waals surface area contributed by atoms with Crippen LogP contribution in [0, 0.1) is 0 Å². The van der Waals surface area contributed by atoms with Gasteiger partial charge in [0.05, 0.1) is 24.1 Å². The van der Waals surface area contributed by atoms with Gasteiger partial charge in [0.15, 0.2) is 0 Å². The Morgan fingerprint density at radius 2 is 1.85 bits per heavy atom. The molecule has 6 nitrogen and oxygen atoms in total. The van der Waals surface area contributed by atoms with Gasteiger partial charge in [0.2, 0.25) is 5.91 Å². The van der Waals surface area contributed by atoms with Crippen LogP contribution < -0.4 is 9.64 Å². The number of anilines is 1. The van der Waals surface area contributed by atoms with Gasteiger partial charge in [0, 0.05) is 5.54 Å². The normalized spacial score (nSPS) is 17.3. The number of carbonyl (C=O) groups is 3. The summed E-state index contributed by atoms with van der Waals surface area (Å²) in [5.74, 6) is -0.299. The predicted octanol–water partition coefficient (Wildman–Crippen LogP) is 3.33. The summed E-state index contributed by atoms with van der Waals surface area (Å²) >= 11 is 1.32. The van der Waals surface area contributed by atoms with E-state index >= 15 is 0 Å². The molecule has 3 rings (SSSR count). The Labute approximate surface area is 162 Å². The van der Waals surface area contributed by atoms with Gasteiger partial charge >= 0.3 is 0 Å². The van der Waals surface area contributed by atoms with Gasteiger partial charge in [-0.2, -0.15) is 0 Å². The highest BCUT2D eigenvalue weighted by Gasteiger charge is 2.47. The average Bonchev–Trinajstić information content (AvgIpc) is 3.23. The molecule has 1 fully saturated rings. The first-order valence-electron chi connectivity index (χ1n) is 8.62. The lowest BCUT2D eigenvalue weighted by molar-refractivity contribution is -0.123. The lowest BCUT2D eigenvalue weighted by atomic mass is 10.0. The average molecular weight is 386 g/mol. The summed E-state index contributed by atoms with van der Waals surface area (Å²) in [6.07, 6.45) is -0.0285. The number of amides is 3. The van der Waals surface area contributed by atoms with Crippen molar-refractivity contribution in [2.24, 2.45) is 0 Å². The third-order valence-corrected chi connectivity index (χ3v) is 5.30. The summed E-state index contributed by atoms with van der Waals surface area (Å²) in [7, 11) is 1.55. The van der Waals surface area contributed by atoms with E-state index in [4.69, 9.17) is 4.74 Å². The Balaban J connectivity index is 1.94. The molecule has 2 aromatic rings. The van der Waals surface area contributed by atoms with E-state index in [1.54, 1.807) is 43.5 Å².